The average Bonchev–Trinajstić information content (AvgIpc) is 2.54. The van der Waals surface area contributed by atoms with Crippen LogP contribution in [-0.2, 0) is 4.79 Å². The highest BCUT2D eigenvalue weighted by atomic mass is 16.4. The molecule has 4 aliphatic rings. The van der Waals surface area contributed by atoms with Crippen LogP contribution in [0, 0.1) is 28.6 Å². The molecule has 78 valence electrons. The summed E-state index contributed by atoms with van der Waals surface area (Å²) in [7, 11) is 0. The third-order valence-corrected chi connectivity index (χ3v) is 5.98. The summed E-state index contributed by atoms with van der Waals surface area (Å²) in [5.74, 6) is 2.11. The van der Waals surface area contributed by atoms with E-state index in [0.29, 0.717) is 17.3 Å². The van der Waals surface area contributed by atoms with Gasteiger partial charge in [0, 0.05) is 6.42 Å². The third-order valence-electron chi connectivity index (χ3n) is 5.98. The lowest BCUT2D eigenvalue weighted by atomic mass is 9.71. The maximum absolute atomic E-state index is 10.6. The Bertz CT molecular complexity index is 297. The lowest BCUT2D eigenvalue weighted by Gasteiger charge is -2.33. The fourth-order valence-electron chi connectivity index (χ4n) is 4.87. The van der Waals surface area contributed by atoms with Crippen molar-refractivity contribution in [1.82, 2.24) is 0 Å². The zero-order valence-electron chi connectivity index (χ0n) is 8.92. The molecule has 0 heterocycles. The Kier molecular flexibility index (Phi) is 1.36. The fraction of sp³-hybridized carbons (Fsp3) is 0.917. The number of aliphatic carboxylic acids is 1. The topological polar surface area (TPSA) is 37.3 Å². The van der Waals surface area contributed by atoms with Crippen LogP contribution in [-0.4, -0.2) is 11.1 Å². The summed E-state index contributed by atoms with van der Waals surface area (Å²) in [5, 5.41) is 8.77. The third kappa shape index (κ3) is 0.697. The van der Waals surface area contributed by atoms with Crippen molar-refractivity contribution in [3.8, 4) is 0 Å². The molecule has 0 saturated heterocycles. The molecule has 2 unspecified atom stereocenters. The predicted molar refractivity (Wildman–Crippen MR) is 52.8 cm³/mol. The van der Waals surface area contributed by atoms with Crippen molar-refractivity contribution < 1.29 is 9.90 Å². The monoisotopic (exact) mass is 194 g/mol. The van der Waals surface area contributed by atoms with Crippen LogP contribution < -0.4 is 0 Å². The van der Waals surface area contributed by atoms with Gasteiger partial charge in [-0.2, -0.15) is 0 Å². The Balaban J connectivity index is 1.81. The SMILES string of the molecule is CC12[C@@H]3CC(C[C@@H]31)[C@@]2(C)CCC(=O)O. The molecule has 1 N–H and O–H groups in total. The normalized spacial score (nSPS) is 57.7. The minimum atomic E-state index is -0.629. The molecule has 14 heavy (non-hydrogen) atoms. The van der Waals surface area contributed by atoms with Gasteiger partial charge in [-0.05, 0) is 47.8 Å². The van der Waals surface area contributed by atoms with Crippen molar-refractivity contribution in [2.75, 3.05) is 0 Å². The van der Waals surface area contributed by atoms with E-state index in [2.05, 4.69) is 13.8 Å². The molecule has 4 aliphatic carbocycles. The smallest absolute Gasteiger partial charge is 0.303 e. The summed E-state index contributed by atoms with van der Waals surface area (Å²) in [6, 6.07) is 0. The van der Waals surface area contributed by atoms with Crippen molar-refractivity contribution in [1.29, 1.82) is 0 Å². The highest BCUT2D eigenvalue weighted by Crippen LogP contribution is 2.86. The summed E-state index contributed by atoms with van der Waals surface area (Å²) >= 11 is 0. The summed E-state index contributed by atoms with van der Waals surface area (Å²) in [5.41, 5.74) is 0.869. The van der Waals surface area contributed by atoms with Crippen LogP contribution in [0.1, 0.15) is 39.5 Å². The number of carbonyl (C=O) groups is 1. The van der Waals surface area contributed by atoms with Crippen molar-refractivity contribution in [3.05, 3.63) is 0 Å². The zero-order valence-corrected chi connectivity index (χ0v) is 8.92. The van der Waals surface area contributed by atoms with E-state index in [0.717, 1.165) is 24.2 Å². The number of hydrogen-bond donors (Lipinski definition) is 1. The maximum Gasteiger partial charge on any atom is 0.303 e. The van der Waals surface area contributed by atoms with Gasteiger partial charge in [0.15, 0.2) is 0 Å². The van der Waals surface area contributed by atoms with Crippen LogP contribution in [0.4, 0.5) is 0 Å². The molecule has 4 bridgehead atoms. The van der Waals surface area contributed by atoms with Crippen LogP contribution in [0.3, 0.4) is 0 Å². The highest BCUT2D eigenvalue weighted by Gasteiger charge is 2.80. The van der Waals surface area contributed by atoms with Crippen molar-refractivity contribution in [2.24, 2.45) is 28.6 Å². The van der Waals surface area contributed by atoms with E-state index in [1.165, 1.54) is 12.8 Å². The quantitative estimate of drug-likeness (QED) is 0.749. The van der Waals surface area contributed by atoms with Gasteiger partial charge in [0.2, 0.25) is 0 Å². The first-order valence-corrected chi connectivity index (χ1v) is 5.72. The standard InChI is InChI=1S/C12H18O2/c1-11(4-3-10(13)14)7-5-8-9(6-7)12(8,11)2/h7-9H,3-6H2,1-2H3,(H,13,14)/t7?,8-,9+,11-,12?/m1/s1. The first-order valence-electron chi connectivity index (χ1n) is 5.72. The van der Waals surface area contributed by atoms with Crippen molar-refractivity contribution in [3.63, 3.8) is 0 Å². The van der Waals surface area contributed by atoms with Gasteiger partial charge < -0.3 is 5.11 Å². The van der Waals surface area contributed by atoms with Crippen LogP contribution in [0.25, 0.3) is 0 Å². The summed E-state index contributed by atoms with van der Waals surface area (Å²) in [6.45, 7) is 4.74. The minimum absolute atomic E-state index is 0.348. The predicted octanol–water partition coefficient (Wildman–Crippen LogP) is 2.53. The Labute approximate surface area is 84.7 Å². The Morgan fingerprint density at radius 3 is 2.29 bits per heavy atom. The van der Waals surface area contributed by atoms with Gasteiger partial charge in [0.1, 0.15) is 0 Å². The summed E-state index contributed by atoms with van der Waals surface area (Å²) in [4.78, 5) is 10.6. The second kappa shape index (κ2) is 2.17. The summed E-state index contributed by atoms with van der Waals surface area (Å²) < 4.78 is 0. The average molecular weight is 194 g/mol. The number of carboxylic acid groups (broad SMARTS) is 1. The molecule has 5 atom stereocenters. The van der Waals surface area contributed by atoms with Gasteiger partial charge in [-0.1, -0.05) is 13.8 Å². The maximum atomic E-state index is 10.6. The Morgan fingerprint density at radius 2 is 1.93 bits per heavy atom. The van der Waals surface area contributed by atoms with E-state index in [-0.39, 0.29) is 0 Å². The van der Waals surface area contributed by atoms with E-state index in [4.69, 9.17) is 5.11 Å². The van der Waals surface area contributed by atoms with Gasteiger partial charge in [0.25, 0.3) is 0 Å². The molecule has 4 saturated carbocycles. The number of carboxylic acids is 1. The van der Waals surface area contributed by atoms with E-state index in [1.54, 1.807) is 0 Å². The molecular formula is C12H18O2. The van der Waals surface area contributed by atoms with Crippen molar-refractivity contribution >= 4 is 5.97 Å². The molecule has 2 nitrogen and oxygen atoms in total. The van der Waals surface area contributed by atoms with Gasteiger partial charge in [-0.3, -0.25) is 4.79 Å². The van der Waals surface area contributed by atoms with E-state index in [1.807, 2.05) is 0 Å². The van der Waals surface area contributed by atoms with Crippen molar-refractivity contribution in [2.45, 2.75) is 39.5 Å². The minimum Gasteiger partial charge on any atom is -0.481 e. The molecule has 0 amide bonds. The lowest BCUT2D eigenvalue weighted by Crippen LogP contribution is -2.27. The molecule has 0 radical (unpaired) electrons. The largest absolute Gasteiger partial charge is 0.481 e. The molecule has 0 spiro atoms. The Hall–Kier alpha value is -0.530. The second-order valence-corrected chi connectivity index (χ2v) is 5.98. The number of rotatable bonds is 3. The summed E-state index contributed by atoms with van der Waals surface area (Å²) in [6.07, 6.45) is 4.03. The first-order chi connectivity index (χ1) is 6.50. The number of hydrogen-bond acceptors (Lipinski definition) is 1. The van der Waals surface area contributed by atoms with Crippen LogP contribution in [0.15, 0.2) is 0 Å². The second-order valence-electron chi connectivity index (χ2n) is 5.98. The van der Waals surface area contributed by atoms with E-state index >= 15 is 0 Å². The van der Waals surface area contributed by atoms with Gasteiger partial charge in [-0.15, -0.1) is 0 Å². The van der Waals surface area contributed by atoms with E-state index in [9.17, 15) is 4.79 Å². The van der Waals surface area contributed by atoms with Crippen LogP contribution in [0.2, 0.25) is 0 Å². The fourth-order valence-corrected chi connectivity index (χ4v) is 4.87. The lowest BCUT2D eigenvalue weighted by molar-refractivity contribution is -0.138. The molecule has 0 aliphatic heterocycles. The molecule has 2 heteroatoms. The van der Waals surface area contributed by atoms with Gasteiger partial charge in [0.05, 0.1) is 0 Å². The van der Waals surface area contributed by atoms with Crippen LogP contribution in [0.5, 0.6) is 0 Å². The zero-order chi connectivity index (χ0) is 10.1. The van der Waals surface area contributed by atoms with Crippen LogP contribution >= 0.6 is 0 Å². The molecule has 0 aromatic carbocycles. The first kappa shape index (κ1) is 8.75. The molecule has 0 aromatic rings. The van der Waals surface area contributed by atoms with Gasteiger partial charge >= 0.3 is 5.97 Å². The van der Waals surface area contributed by atoms with E-state index < -0.39 is 5.97 Å². The Morgan fingerprint density at radius 1 is 1.36 bits per heavy atom. The van der Waals surface area contributed by atoms with Gasteiger partial charge in [-0.25, -0.2) is 0 Å². The molecule has 4 fully saturated rings. The molecular weight excluding hydrogens is 176 g/mol. The molecule has 4 rings (SSSR count). The highest BCUT2D eigenvalue weighted by molar-refractivity contribution is 5.66. The molecule has 0 aromatic heterocycles.